The van der Waals surface area contributed by atoms with Crippen LogP contribution in [0.1, 0.15) is 37.2 Å². The molecule has 116 valence electrons. The van der Waals surface area contributed by atoms with Crippen molar-refractivity contribution < 1.29 is 4.74 Å². The molecule has 0 radical (unpaired) electrons. The Morgan fingerprint density at radius 1 is 1.24 bits per heavy atom. The van der Waals surface area contributed by atoms with Gasteiger partial charge in [0.2, 0.25) is 0 Å². The van der Waals surface area contributed by atoms with E-state index in [0.717, 1.165) is 25.1 Å². The predicted octanol–water partition coefficient (Wildman–Crippen LogP) is 2.51. The number of piperidine rings is 1. The topological polar surface area (TPSA) is 28.6 Å². The third-order valence-corrected chi connectivity index (χ3v) is 4.86. The molecule has 2 aliphatic heterocycles. The first kappa shape index (κ1) is 14.8. The van der Waals surface area contributed by atoms with Gasteiger partial charge in [-0.1, -0.05) is 0 Å². The van der Waals surface area contributed by atoms with Crippen molar-refractivity contribution in [2.45, 2.75) is 37.6 Å². The molecule has 4 heteroatoms. The minimum Gasteiger partial charge on any atom is -0.381 e. The molecule has 0 aromatic carbocycles. The summed E-state index contributed by atoms with van der Waals surface area (Å²) < 4.78 is 5.50. The van der Waals surface area contributed by atoms with E-state index in [4.69, 9.17) is 4.74 Å². The van der Waals surface area contributed by atoms with Crippen LogP contribution in [0.5, 0.6) is 0 Å². The van der Waals surface area contributed by atoms with Crippen LogP contribution in [0.3, 0.4) is 0 Å². The molecule has 0 spiro atoms. The van der Waals surface area contributed by atoms with Crippen LogP contribution in [0.4, 0.5) is 5.82 Å². The summed E-state index contributed by atoms with van der Waals surface area (Å²) in [4.78, 5) is 9.23. The minimum atomic E-state index is 0.656. The molecule has 3 heterocycles. The Balaban J connectivity index is 1.69. The second kappa shape index (κ2) is 6.75. The molecule has 21 heavy (non-hydrogen) atoms. The summed E-state index contributed by atoms with van der Waals surface area (Å²) in [6.07, 6.45) is 6.97. The van der Waals surface area contributed by atoms with Crippen molar-refractivity contribution >= 4 is 5.82 Å². The van der Waals surface area contributed by atoms with Crippen LogP contribution < -0.4 is 4.90 Å². The van der Waals surface area contributed by atoms with Crippen molar-refractivity contribution in [2.75, 3.05) is 45.3 Å². The van der Waals surface area contributed by atoms with Gasteiger partial charge in [0.25, 0.3) is 0 Å². The highest BCUT2D eigenvalue weighted by atomic mass is 16.5. The highest BCUT2D eigenvalue weighted by Crippen LogP contribution is 2.30. The molecule has 0 saturated carbocycles. The number of ether oxygens (including phenoxy) is 1. The lowest BCUT2D eigenvalue weighted by Crippen LogP contribution is -2.44. The van der Waals surface area contributed by atoms with Gasteiger partial charge in [-0.05, 0) is 55.8 Å². The van der Waals surface area contributed by atoms with Crippen LogP contribution in [-0.2, 0) is 4.74 Å². The van der Waals surface area contributed by atoms with Crippen molar-refractivity contribution in [3.63, 3.8) is 0 Å². The largest absolute Gasteiger partial charge is 0.381 e. The van der Waals surface area contributed by atoms with Gasteiger partial charge in [0.1, 0.15) is 5.82 Å². The van der Waals surface area contributed by atoms with Gasteiger partial charge in [-0.3, -0.25) is 4.90 Å². The Morgan fingerprint density at radius 3 is 2.81 bits per heavy atom. The van der Waals surface area contributed by atoms with E-state index >= 15 is 0 Å². The van der Waals surface area contributed by atoms with Crippen molar-refractivity contribution in [1.82, 2.24) is 9.88 Å². The van der Waals surface area contributed by atoms with Gasteiger partial charge in [0, 0.05) is 46.1 Å². The number of hydrogen-bond acceptors (Lipinski definition) is 4. The number of anilines is 1. The van der Waals surface area contributed by atoms with E-state index in [1.165, 1.54) is 44.3 Å². The molecule has 0 aliphatic carbocycles. The lowest BCUT2D eigenvalue weighted by molar-refractivity contribution is 0.0240. The fraction of sp³-hybridized carbons (Fsp3) is 0.706. The average Bonchev–Trinajstić information content (AvgIpc) is 2.56. The zero-order valence-corrected chi connectivity index (χ0v) is 13.3. The third kappa shape index (κ3) is 3.55. The molecule has 1 atom stereocenters. The van der Waals surface area contributed by atoms with Crippen molar-refractivity contribution in [3.8, 4) is 0 Å². The molecule has 0 N–H and O–H groups in total. The summed E-state index contributed by atoms with van der Waals surface area (Å²) in [5.74, 6) is 1.72. The fourth-order valence-corrected chi connectivity index (χ4v) is 3.59. The number of aromatic nitrogens is 1. The van der Waals surface area contributed by atoms with Gasteiger partial charge in [-0.2, -0.15) is 0 Å². The second-order valence-electron chi connectivity index (χ2n) is 6.52. The molecule has 0 unspecified atom stereocenters. The zero-order valence-electron chi connectivity index (χ0n) is 13.3. The fourth-order valence-electron chi connectivity index (χ4n) is 3.59. The molecule has 1 aromatic heterocycles. The van der Waals surface area contributed by atoms with Gasteiger partial charge in [-0.25, -0.2) is 4.98 Å². The lowest BCUT2D eigenvalue weighted by atomic mass is 9.89. The maximum atomic E-state index is 5.50. The summed E-state index contributed by atoms with van der Waals surface area (Å²) in [5, 5.41) is 0. The quantitative estimate of drug-likeness (QED) is 0.855. The normalized spacial score (nSPS) is 25.0. The van der Waals surface area contributed by atoms with Crippen LogP contribution in [0, 0.1) is 0 Å². The van der Waals surface area contributed by atoms with E-state index in [1.54, 1.807) is 0 Å². The molecule has 4 nitrogen and oxygen atoms in total. The van der Waals surface area contributed by atoms with Gasteiger partial charge in [0.15, 0.2) is 0 Å². The number of pyridine rings is 1. The van der Waals surface area contributed by atoms with E-state index in [1.807, 2.05) is 6.20 Å². The molecular formula is C17H27N3O. The zero-order chi connectivity index (χ0) is 14.7. The molecule has 1 aromatic rings. The molecule has 2 saturated heterocycles. The summed E-state index contributed by atoms with van der Waals surface area (Å²) in [6.45, 7) is 4.33. The van der Waals surface area contributed by atoms with E-state index in [-0.39, 0.29) is 0 Å². The first-order valence-electron chi connectivity index (χ1n) is 8.19. The smallest absolute Gasteiger partial charge is 0.128 e. The summed E-state index contributed by atoms with van der Waals surface area (Å²) in [6, 6.07) is 5.19. The molecule has 2 aliphatic rings. The minimum absolute atomic E-state index is 0.656. The van der Waals surface area contributed by atoms with E-state index in [9.17, 15) is 0 Å². The Morgan fingerprint density at radius 2 is 2.05 bits per heavy atom. The Labute approximate surface area is 128 Å². The molecule has 0 bridgehead atoms. The highest BCUT2D eigenvalue weighted by molar-refractivity contribution is 5.40. The SMILES string of the molecule is CN(C)c1cc([C@H]2CCCN(C3CCOCC3)C2)ccn1. The van der Waals surface area contributed by atoms with Crippen LogP contribution in [0.25, 0.3) is 0 Å². The van der Waals surface area contributed by atoms with Crippen LogP contribution in [0.2, 0.25) is 0 Å². The molecular weight excluding hydrogens is 262 g/mol. The maximum absolute atomic E-state index is 5.50. The molecule has 2 fully saturated rings. The summed E-state index contributed by atoms with van der Waals surface area (Å²) >= 11 is 0. The Kier molecular flexibility index (Phi) is 4.76. The van der Waals surface area contributed by atoms with Crippen molar-refractivity contribution in [1.29, 1.82) is 0 Å². The summed E-state index contributed by atoms with van der Waals surface area (Å²) in [5.41, 5.74) is 1.45. The van der Waals surface area contributed by atoms with Crippen LogP contribution in [-0.4, -0.2) is 56.3 Å². The van der Waals surface area contributed by atoms with E-state index in [0.29, 0.717) is 5.92 Å². The van der Waals surface area contributed by atoms with Gasteiger partial charge < -0.3 is 9.64 Å². The first-order valence-corrected chi connectivity index (χ1v) is 8.19. The van der Waals surface area contributed by atoms with Gasteiger partial charge in [0.05, 0.1) is 0 Å². The molecule has 0 amide bonds. The van der Waals surface area contributed by atoms with Crippen molar-refractivity contribution in [2.24, 2.45) is 0 Å². The van der Waals surface area contributed by atoms with Crippen molar-refractivity contribution in [3.05, 3.63) is 23.9 Å². The monoisotopic (exact) mass is 289 g/mol. The number of hydrogen-bond donors (Lipinski definition) is 0. The lowest BCUT2D eigenvalue weighted by Gasteiger charge is -2.40. The highest BCUT2D eigenvalue weighted by Gasteiger charge is 2.28. The number of nitrogens with zero attached hydrogens (tertiary/aromatic N) is 3. The van der Waals surface area contributed by atoms with Gasteiger partial charge >= 0.3 is 0 Å². The first-order chi connectivity index (χ1) is 10.2. The number of likely N-dealkylation sites (tertiary alicyclic amines) is 1. The average molecular weight is 289 g/mol. The number of rotatable bonds is 3. The van der Waals surface area contributed by atoms with E-state index in [2.05, 4.69) is 41.0 Å². The maximum Gasteiger partial charge on any atom is 0.128 e. The van der Waals surface area contributed by atoms with Gasteiger partial charge in [-0.15, -0.1) is 0 Å². The second-order valence-corrected chi connectivity index (χ2v) is 6.52. The van der Waals surface area contributed by atoms with Crippen LogP contribution in [0.15, 0.2) is 18.3 Å². The Bertz CT molecular complexity index is 457. The standard InChI is InChI=1S/C17H27N3O/c1-19(2)17-12-14(5-8-18-17)15-4-3-9-20(13-15)16-6-10-21-11-7-16/h5,8,12,15-16H,3-4,6-7,9-11,13H2,1-2H3/t15-/m0/s1. The summed E-state index contributed by atoms with van der Waals surface area (Å²) in [7, 11) is 4.11. The molecule has 3 rings (SSSR count). The van der Waals surface area contributed by atoms with Crippen LogP contribution >= 0.6 is 0 Å². The Hall–Kier alpha value is -1.13. The predicted molar refractivity (Wildman–Crippen MR) is 86.0 cm³/mol. The third-order valence-electron chi connectivity index (χ3n) is 4.86. The van der Waals surface area contributed by atoms with E-state index < -0.39 is 0 Å².